The Morgan fingerprint density at radius 1 is 1.12 bits per heavy atom. The summed E-state index contributed by atoms with van der Waals surface area (Å²) < 4.78 is 71.9. The number of aromatic nitrogens is 4. The second-order valence-corrected chi connectivity index (χ2v) is 10.6. The number of hydrogen-bond acceptors (Lipinski definition) is 9. The maximum atomic E-state index is 13.9. The first-order valence-corrected chi connectivity index (χ1v) is 12.9. The summed E-state index contributed by atoms with van der Waals surface area (Å²) in [5.74, 6) is -2.77. The molecule has 1 saturated carbocycles. The van der Waals surface area contributed by atoms with Crippen LogP contribution in [-0.2, 0) is 21.6 Å². The van der Waals surface area contributed by atoms with Gasteiger partial charge in [-0.05, 0) is 25.7 Å². The largest absolute Gasteiger partial charge is 0.457 e. The third kappa shape index (κ3) is 4.23. The number of nitrogens with two attached hydrogens (primary N) is 1. The van der Waals surface area contributed by atoms with Gasteiger partial charge in [-0.25, -0.2) is 28.7 Å². The molecule has 0 unspecified atom stereocenters. The fraction of sp³-hybridized carbons (Fsp3) is 0.583. The zero-order valence-electron chi connectivity index (χ0n) is 21.2. The molecule has 1 amide bonds. The molecule has 2 saturated heterocycles. The van der Waals surface area contributed by atoms with Crippen LogP contribution in [0.3, 0.4) is 0 Å². The molecule has 6 rings (SSSR count). The summed E-state index contributed by atoms with van der Waals surface area (Å²) in [4.78, 5) is 34.5. The molecule has 1 aliphatic carbocycles. The summed E-state index contributed by atoms with van der Waals surface area (Å²) >= 11 is 0. The monoisotopic (exact) mass is 567 g/mol. The van der Waals surface area contributed by atoms with E-state index < -0.39 is 49.3 Å². The molecule has 0 aromatic carbocycles. The van der Waals surface area contributed by atoms with E-state index in [1.54, 1.807) is 0 Å². The molecule has 3 aliphatic heterocycles. The first-order valence-electron chi connectivity index (χ1n) is 12.9. The molecule has 3 fully saturated rings. The summed E-state index contributed by atoms with van der Waals surface area (Å²) in [6, 6.07) is -2.45. The molecule has 4 aliphatic rings. The van der Waals surface area contributed by atoms with E-state index in [0.29, 0.717) is 18.4 Å². The number of alkyl halides is 5. The minimum absolute atomic E-state index is 0.0167. The lowest BCUT2D eigenvalue weighted by Crippen LogP contribution is -2.57. The van der Waals surface area contributed by atoms with E-state index >= 15 is 0 Å². The van der Waals surface area contributed by atoms with Crippen LogP contribution in [0.5, 0.6) is 0 Å². The van der Waals surface area contributed by atoms with E-state index in [1.165, 1.54) is 22.2 Å². The van der Waals surface area contributed by atoms with Crippen molar-refractivity contribution in [2.24, 2.45) is 0 Å². The van der Waals surface area contributed by atoms with Crippen molar-refractivity contribution in [2.45, 2.75) is 68.7 Å². The van der Waals surface area contributed by atoms with Gasteiger partial charge in [0.05, 0.1) is 42.1 Å². The number of nitrogen functional groups attached to an aromatic ring is 1. The highest BCUT2D eigenvalue weighted by Gasteiger charge is 2.56. The molecular formula is C24H26F5N9O2. The topological polar surface area (TPSA) is 137 Å². The lowest BCUT2D eigenvalue weighted by Gasteiger charge is -2.38. The summed E-state index contributed by atoms with van der Waals surface area (Å²) in [5, 5.41) is 8.07. The van der Waals surface area contributed by atoms with E-state index in [2.05, 4.69) is 19.9 Å². The van der Waals surface area contributed by atoms with Crippen LogP contribution in [0.1, 0.15) is 49.9 Å². The predicted molar refractivity (Wildman–Crippen MR) is 131 cm³/mol. The van der Waals surface area contributed by atoms with Crippen molar-refractivity contribution in [1.82, 2.24) is 24.8 Å². The van der Waals surface area contributed by atoms with Gasteiger partial charge in [0.25, 0.3) is 11.9 Å². The molecule has 1 spiro atoms. The first-order chi connectivity index (χ1) is 18.9. The van der Waals surface area contributed by atoms with Gasteiger partial charge >= 0.3 is 6.18 Å². The Kier molecular flexibility index (Phi) is 5.99. The number of nitrogens with one attached hydrogen (secondary N) is 1. The summed E-state index contributed by atoms with van der Waals surface area (Å²) in [5.41, 5.74) is 6.11. The van der Waals surface area contributed by atoms with Crippen molar-refractivity contribution in [2.75, 3.05) is 35.2 Å². The maximum Gasteiger partial charge on any atom is 0.408 e. The molecular weight excluding hydrogens is 541 g/mol. The minimum atomic E-state index is -4.49. The Balaban J connectivity index is 1.28. The zero-order chi connectivity index (χ0) is 28.4. The van der Waals surface area contributed by atoms with Crippen LogP contribution in [0.4, 0.5) is 45.2 Å². The number of halogens is 5. The van der Waals surface area contributed by atoms with Gasteiger partial charge in [0.1, 0.15) is 17.7 Å². The van der Waals surface area contributed by atoms with Gasteiger partial charge in [0.15, 0.2) is 12.4 Å². The zero-order valence-corrected chi connectivity index (χ0v) is 21.2. The quantitative estimate of drug-likeness (QED) is 0.324. The summed E-state index contributed by atoms with van der Waals surface area (Å²) in [6.07, 6.45) is 0.983. The van der Waals surface area contributed by atoms with E-state index in [1.807, 2.05) is 0 Å². The Bertz CT molecular complexity index is 1340. The molecule has 2 aromatic heterocycles. The van der Waals surface area contributed by atoms with Crippen molar-refractivity contribution in [3.05, 3.63) is 23.8 Å². The van der Waals surface area contributed by atoms with Crippen LogP contribution in [0.2, 0.25) is 0 Å². The summed E-state index contributed by atoms with van der Waals surface area (Å²) in [6.45, 7) is -1.40. The average Bonchev–Trinajstić information content (AvgIpc) is 3.61. The van der Waals surface area contributed by atoms with Gasteiger partial charge in [-0.2, -0.15) is 13.2 Å². The molecule has 11 nitrogen and oxygen atoms in total. The molecule has 214 valence electrons. The van der Waals surface area contributed by atoms with Crippen LogP contribution in [-0.4, -0.2) is 74.5 Å². The number of carbonyl (C=O) groups excluding carboxylic acids is 1. The van der Waals surface area contributed by atoms with E-state index in [4.69, 9.17) is 15.9 Å². The second-order valence-electron chi connectivity index (χ2n) is 10.6. The summed E-state index contributed by atoms with van der Waals surface area (Å²) in [7, 11) is 0. The van der Waals surface area contributed by atoms with Crippen molar-refractivity contribution in [1.29, 1.82) is 5.41 Å². The van der Waals surface area contributed by atoms with Gasteiger partial charge in [0, 0.05) is 6.54 Å². The average molecular weight is 568 g/mol. The predicted octanol–water partition coefficient (Wildman–Crippen LogP) is 3.27. The Morgan fingerprint density at radius 3 is 2.42 bits per heavy atom. The van der Waals surface area contributed by atoms with Crippen molar-refractivity contribution < 1.29 is 31.5 Å². The molecule has 2 aromatic rings. The third-order valence-corrected chi connectivity index (χ3v) is 7.96. The number of anilines is 4. The van der Waals surface area contributed by atoms with Crippen LogP contribution in [0.25, 0.3) is 0 Å². The van der Waals surface area contributed by atoms with Gasteiger partial charge < -0.3 is 20.3 Å². The Morgan fingerprint density at radius 2 is 1.80 bits per heavy atom. The second kappa shape index (κ2) is 9.09. The number of nitrogens with zero attached hydrogens (tertiary/aromatic N) is 7. The van der Waals surface area contributed by atoms with Crippen molar-refractivity contribution >= 4 is 35.2 Å². The standard InChI is InChI=1S/C24H26F5N9O2/c25-23(26)11-36(12-23)21-32-8-13(9-33-21)38-18-16(22(19(38)39)5-1-2-6-22)17(30)34-15(35-18)10-40-20(31)37-7-3-4-14(37)24(27,28)29/h8-9,14,31H,1-7,10-12H2,(H2,30,34,35)/t14-/m1/s1. The number of amides is 1. The SMILES string of the molecule is N=C(OCc1nc(N)c2c(n1)N(c1cnc(N3CC(F)(F)C3)nc1)C(=O)C21CCCC1)N1CCC[C@@H]1C(F)(F)F. The van der Waals surface area contributed by atoms with Crippen LogP contribution in [0, 0.1) is 5.41 Å². The molecule has 0 bridgehead atoms. The van der Waals surface area contributed by atoms with Gasteiger partial charge in [-0.1, -0.05) is 12.8 Å². The molecule has 5 heterocycles. The van der Waals surface area contributed by atoms with Crippen LogP contribution < -0.4 is 15.5 Å². The van der Waals surface area contributed by atoms with Gasteiger partial charge in [-0.15, -0.1) is 0 Å². The fourth-order valence-corrected chi connectivity index (χ4v) is 6.11. The fourth-order valence-electron chi connectivity index (χ4n) is 6.11. The van der Waals surface area contributed by atoms with Gasteiger partial charge in [0.2, 0.25) is 11.9 Å². The van der Waals surface area contributed by atoms with Crippen molar-refractivity contribution in [3.8, 4) is 0 Å². The number of ether oxygens (including phenoxy) is 1. The smallest absolute Gasteiger partial charge is 0.408 e. The molecule has 40 heavy (non-hydrogen) atoms. The number of likely N-dealkylation sites (tertiary alicyclic amines) is 1. The van der Waals surface area contributed by atoms with Gasteiger partial charge in [-0.3, -0.25) is 15.1 Å². The first kappa shape index (κ1) is 26.4. The van der Waals surface area contributed by atoms with E-state index in [9.17, 15) is 26.7 Å². The molecule has 1 atom stereocenters. The number of hydrogen-bond donors (Lipinski definition) is 2. The number of carbonyl (C=O) groups is 1. The molecule has 0 radical (unpaired) electrons. The molecule has 16 heteroatoms. The van der Waals surface area contributed by atoms with E-state index in [0.717, 1.165) is 17.7 Å². The lowest BCUT2D eigenvalue weighted by molar-refractivity contribution is -0.169. The minimum Gasteiger partial charge on any atom is -0.457 e. The highest BCUT2D eigenvalue weighted by atomic mass is 19.4. The highest BCUT2D eigenvalue weighted by Crippen LogP contribution is 2.54. The Hall–Kier alpha value is -3.85. The lowest BCUT2D eigenvalue weighted by atomic mass is 9.80. The van der Waals surface area contributed by atoms with Crippen LogP contribution in [0.15, 0.2) is 12.4 Å². The van der Waals surface area contributed by atoms with E-state index in [-0.39, 0.29) is 54.4 Å². The maximum absolute atomic E-state index is 13.9. The number of rotatable bonds is 4. The normalized spacial score (nSPS) is 23.1. The van der Waals surface area contributed by atoms with Crippen LogP contribution >= 0.6 is 0 Å². The Labute approximate surface area is 225 Å². The highest BCUT2D eigenvalue weighted by molar-refractivity contribution is 6.13. The molecule has 3 N–H and O–H groups in total. The number of amidine groups is 1. The van der Waals surface area contributed by atoms with Crippen molar-refractivity contribution in [3.63, 3.8) is 0 Å². The number of fused-ring (bicyclic) bond motifs is 2. The third-order valence-electron chi connectivity index (χ3n) is 7.96.